The summed E-state index contributed by atoms with van der Waals surface area (Å²) in [5.41, 5.74) is 7.10. The van der Waals surface area contributed by atoms with E-state index in [1.54, 1.807) is 14.0 Å². The Morgan fingerprint density at radius 1 is 1.35 bits per heavy atom. The van der Waals surface area contributed by atoms with Gasteiger partial charge in [-0.15, -0.1) is 0 Å². The summed E-state index contributed by atoms with van der Waals surface area (Å²) in [6.07, 6.45) is -0.560. The summed E-state index contributed by atoms with van der Waals surface area (Å²) in [6, 6.07) is 9.51. The highest BCUT2D eigenvalue weighted by Gasteiger charge is 2.22. The molecular weight excluding hydrogens is 216 g/mol. The lowest BCUT2D eigenvalue weighted by molar-refractivity contribution is 0.137. The molecule has 0 saturated heterocycles. The van der Waals surface area contributed by atoms with Gasteiger partial charge in [-0.05, 0) is 12.5 Å². The maximum atomic E-state index is 9.61. The van der Waals surface area contributed by atoms with Crippen LogP contribution in [0.5, 0.6) is 0 Å². The number of nitrogens with two attached hydrogens (primary N) is 1. The van der Waals surface area contributed by atoms with Crippen molar-refractivity contribution >= 4 is 0 Å². The van der Waals surface area contributed by atoms with Crippen molar-refractivity contribution in [3.8, 4) is 0 Å². The van der Waals surface area contributed by atoms with E-state index in [1.807, 2.05) is 30.3 Å². The van der Waals surface area contributed by atoms with E-state index in [1.165, 1.54) is 0 Å². The van der Waals surface area contributed by atoms with Gasteiger partial charge in [-0.2, -0.15) is 0 Å². The molecule has 17 heavy (non-hydrogen) atoms. The van der Waals surface area contributed by atoms with Crippen LogP contribution in [-0.2, 0) is 4.74 Å². The van der Waals surface area contributed by atoms with Crippen molar-refractivity contribution in [3.05, 3.63) is 35.9 Å². The molecule has 0 heterocycles. The normalized spacial score (nSPS) is 16.5. The molecule has 0 fully saturated rings. The number of benzene rings is 1. The lowest BCUT2D eigenvalue weighted by Crippen LogP contribution is -2.45. The van der Waals surface area contributed by atoms with Crippen LogP contribution in [0, 0.1) is 0 Å². The second kappa shape index (κ2) is 7.40. The molecule has 0 aliphatic heterocycles. The van der Waals surface area contributed by atoms with Crippen LogP contribution in [-0.4, -0.2) is 37.5 Å². The Morgan fingerprint density at radius 3 is 2.53 bits per heavy atom. The Bertz CT molecular complexity index is 304. The first kappa shape index (κ1) is 14.1. The molecule has 4 N–H and O–H groups in total. The first-order chi connectivity index (χ1) is 8.16. The number of ether oxygens (including phenoxy) is 1. The third-order valence-corrected chi connectivity index (χ3v) is 2.77. The van der Waals surface area contributed by atoms with E-state index in [9.17, 15) is 5.11 Å². The average molecular weight is 238 g/mol. The molecular formula is C13H22N2O2. The van der Waals surface area contributed by atoms with Crippen LogP contribution in [0.1, 0.15) is 18.5 Å². The van der Waals surface area contributed by atoms with Gasteiger partial charge in [0.2, 0.25) is 0 Å². The number of hydrogen-bond acceptors (Lipinski definition) is 4. The van der Waals surface area contributed by atoms with E-state index in [4.69, 9.17) is 10.5 Å². The van der Waals surface area contributed by atoms with Crippen molar-refractivity contribution in [1.29, 1.82) is 0 Å². The Labute approximate surface area is 103 Å². The van der Waals surface area contributed by atoms with E-state index < -0.39 is 6.10 Å². The molecule has 3 unspecified atom stereocenters. The Hall–Kier alpha value is -0.940. The zero-order valence-electron chi connectivity index (χ0n) is 10.5. The van der Waals surface area contributed by atoms with Gasteiger partial charge >= 0.3 is 0 Å². The second-order valence-corrected chi connectivity index (χ2v) is 4.15. The fourth-order valence-corrected chi connectivity index (χ4v) is 1.73. The zero-order chi connectivity index (χ0) is 12.7. The zero-order valence-corrected chi connectivity index (χ0v) is 10.5. The summed E-state index contributed by atoms with van der Waals surface area (Å²) < 4.78 is 5.00. The van der Waals surface area contributed by atoms with E-state index >= 15 is 0 Å². The van der Waals surface area contributed by atoms with Crippen molar-refractivity contribution in [2.75, 3.05) is 20.3 Å². The number of aliphatic hydroxyl groups is 1. The summed E-state index contributed by atoms with van der Waals surface area (Å²) in [4.78, 5) is 0. The SMILES string of the molecule is COCCNC(c1ccccc1)C(N)C(C)O. The quantitative estimate of drug-likeness (QED) is 0.611. The van der Waals surface area contributed by atoms with Crippen LogP contribution < -0.4 is 11.1 Å². The maximum Gasteiger partial charge on any atom is 0.0681 e. The molecule has 0 bridgehead atoms. The van der Waals surface area contributed by atoms with Gasteiger partial charge in [0.1, 0.15) is 0 Å². The number of hydrogen-bond donors (Lipinski definition) is 3. The molecule has 0 aliphatic carbocycles. The van der Waals surface area contributed by atoms with Gasteiger partial charge < -0.3 is 20.9 Å². The molecule has 1 aromatic rings. The van der Waals surface area contributed by atoms with Crippen molar-refractivity contribution in [1.82, 2.24) is 5.32 Å². The summed E-state index contributed by atoms with van der Waals surface area (Å²) in [7, 11) is 1.66. The van der Waals surface area contributed by atoms with Gasteiger partial charge in [0, 0.05) is 25.7 Å². The first-order valence-corrected chi connectivity index (χ1v) is 5.87. The van der Waals surface area contributed by atoms with E-state index in [-0.39, 0.29) is 12.1 Å². The van der Waals surface area contributed by atoms with Crippen molar-refractivity contribution in [2.24, 2.45) is 5.73 Å². The lowest BCUT2D eigenvalue weighted by Gasteiger charge is -2.27. The average Bonchev–Trinajstić information content (AvgIpc) is 2.35. The van der Waals surface area contributed by atoms with Crippen LogP contribution in [0.25, 0.3) is 0 Å². The molecule has 96 valence electrons. The van der Waals surface area contributed by atoms with Crippen LogP contribution >= 0.6 is 0 Å². The van der Waals surface area contributed by atoms with Crippen LogP contribution in [0.4, 0.5) is 0 Å². The molecule has 0 aliphatic rings. The molecule has 1 aromatic carbocycles. The summed E-state index contributed by atoms with van der Waals surface area (Å²) in [5.74, 6) is 0. The van der Waals surface area contributed by atoms with Crippen molar-refractivity contribution < 1.29 is 9.84 Å². The van der Waals surface area contributed by atoms with Gasteiger partial charge in [0.15, 0.2) is 0 Å². The minimum absolute atomic E-state index is 0.0636. The third kappa shape index (κ3) is 4.44. The highest BCUT2D eigenvalue weighted by Crippen LogP contribution is 2.17. The molecule has 4 nitrogen and oxygen atoms in total. The fraction of sp³-hybridized carbons (Fsp3) is 0.538. The topological polar surface area (TPSA) is 67.5 Å². The van der Waals surface area contributed by atoms with E-state index in [0.29, 0.717) is 13.2 Å². The number of rotatable bonds is 7. The molecule has 0 spiro atoms. The Morgan fingerprint density at radius 2 is 2.00 bits per heavy atom. The smallest absolute Gasteiger partial charge is 0.0681 e. The van der Waals surface area contributed by atoms with Crippen molar-refractivity contribution in [3.63, 3.8) is 0 Å². The highest BCUT2D eigenvalue weighted by molar-refractivity contribution is 5.21. The van der Waals surface area contributed by atoms with Gasteiger partial charge in [0.25, 0.3) is 0 Å². The fourth-order valence-electron chi connectivity index (χ4n) is 1.73. The number of nitrogens with one attached hydrogen (secondary N) is 1. The minimum Gasteiger partial charge on any atom is -0.392 e. The van der Waals surface area contributed by atoms with Gasteiger partial charge in [-0.3, -0.25) is 0 Å². The molecule has 0 aromatic heterocycles. The predicted octanol–water partition coefficient (Wildman–Crippen LogP) is 0.672. The van der Waals surface area contributed by atoms with Crippen molar-refractivity contribution in [2.45, 2.75) is 25.1 Å². The molecule has 3 atom stereocenters. The van der Waals surface area contributed by atoms with Gasteiger partial charge in [-0.1, -0.05) is 30.3 Å². The molecule has 0 amide bonds. The van der Waals surface area contributed by atoms with Gasteiger partial charge in [0.05, 0.1) is 12.7 Å². The van der Waals surface area contributed by atoms with Crippen LogP contribution in [0.15, 0.2) is 30.3 Å². The first-order valence-electron chi connectivity index (χ1n) is 5.87. The lowest BCUT2D eigenvalue weighted by atomic mass is 9.96. The molecule has 0 radical (unpaired) electrons. The second-order valence-electron chi connectivity index (χ2n) is 4.15. The van der Waals surface area contributed by atoms with Crippen LogP contribution in [0.3, 0.4) is 0 Å². The highest BCUT2D eigenvalue weighted by atomic mass is 16.5. The summed E-state index contributed by atoms with van der Waals surface area (Å²) >= 11 is 0. The van der Waals surface area contributed by atoms with Gasteiger partial charge in [-0.25, -0.2) is 0 Å². The standard InChI is InChI=1S/C13H22N2O2/c1-10(16)12(14)13(15-8-9-17-2)11-6-4-3-5-7-11/h3-7,10,12-13,15-16H,8-9,14H2,1-2H3. The summed E-state index contributed by atoms with van der Waals surface area (Å²) in [6.45, 7) is 3.03. The maximum absolute atomic E-state index is 9.61. The summed E-state index contributed by atoms with van der Waals surface area (Å²) in [5, 5.41) is 12.9. The minimum atomic E-state index is -0.560. The molecule has 1 rings (SSSR count). The monoisotopic (exact) mass is 238 g/mol. The van der Waals surface area contributed by atoms with E-state index in [0.717, 1.165) is 5.56 Å². The molecule has 0 saturated carbocycles. The molecule has 4 heteroatoms. The largest absolute Gasteiger partial charge is 0.392 e. The van der Waals surface area contributed by atoms with Crippen LogP contribution in [0.2, 0.25) is 0 Å². The number of methoxy groups -OCH3 is 1. The Balaban J connectivity index is 2.72. The number of aliphatic hydroxyl groups excluding tert-OH is 1. The third-order valence-electron chi connectivity index (χ3n) is 2.77. The van der Waals surface area contributed by atoms with E-state index in [2.05, 4.69) is 5.32 Å². The predicted molar refractivity (Wildman–Crippen MR) is 68.7 cm³/mol. The Kier molecular flexibility index (Phi) is 6.15.